The molecule has 5 heteroatoms. The lowest BCUT2D eigenvalue weighted by Crippen LogP contribution is -2.20. The molecule has 0 atom stereocenters. The van der Waals surface area contributed by atoms with Crippen LogP contribution in [0, 0.1) is 0 Å². The van der Waals surface area contributed by atoms with Gasteiger partial charge in [0.05, 0.1) is 0 Å². The fraction of sp³-hybridized carbons (Fsp3) is 1.00. The second-order valence-corrected chi connectivity index (χ2v) is 11.1. The molecule has 0 rings (SSSR count). The van der Waals surface area contributed by atoms with E-state index in [-0.39, 0.29) is 9.76 Å². The zero-order chi connectivity index (χ0) is 5.91. The highest BCUT2D eigenvalue weighted by Gasteiger charge is 2.14. The van der Waals surface area contributed by atoms with Crippen LogP contribution in [0.25, 0.3) is 0 Å². The Morgan fingerprint density at radius 2 is 2.00 bits per heavy atom. The van der Waals surface area contributed by atoms with Gasteiger partial charge in [-0.1, -0.05) is 6.55 Å². The van der Waals surface area contributed by atoms with Crippen LogP contribution in [-0.2, 0) is 4.12 Å². The molecule has 0 amide bonds. The van der Waals surface area contributed by atoms with Crippen LogP contribution in [-0.4, -0.2) is 16.4 Å². The van der Waals surface area contributed by atoms with Crippen molar-refractivity contribution in [2.45, 2.75) is 13.1 Å². The van der Waals surface area contributed by atoms with Gasteiger partial charge in [0.1, 0.15) is 9.76 Å². The first-order valence-electron chi connectivity index (χ1n) is 2.15. The Labute approximate surface area is 58.0 Å². The summed E-state index contributed by atoms with van der Waals surface area (Å²) in [4.78, 5) is 0. The van der Waals surface area contributed by atoms with Crippen LogP contribution in [0.5, 0.6) is 0 Å². The van der Waals surface area contributed by atoms with Crippen LogP contribution >= 0.6 is 24.2 Å². The topological polar surface area (TPSA) is 9.23 Å². The summed E-state index contributed by atoms with van der Waals surface area (Å²) in [5, 5.41) is 0. The van der Waals surface area contributed by atoms with E-state index in [1.807, 2.05) is 6.55 Å². The molecule has 0 aliphatic rings. The van der Waals surface area contributed by atoms with Gasteiger partial charge in [0, 0.05) is 0 Å². The summed E-state index contributed by atoms with van der Waals surface area (Å²) in [7, 11) is -0.281. The van der Waals surface area contributed by atoms with Gasteiger partial charge < -0.3 is 4.12 Å². The first-order valence-corrected chi connectivity index (χ1v) is 9.12. The van der Waals surface area contributed by atoms with E-state index in [2.05, 4.69) is 30.7 Å². The average Bonchev–Trinajstić information content (AvgIpc) is 1.30. The van der Waals surface area contributed by atoms with E-state index in [1.54, 1.807) is 0 Å². The average molecular weight is 170 g/mol. The van der Waals surface area contributed by atoms with Gasteiger partial charge in [-0.05, 0) is 6.55 Å². The quantitative estimate of drug-likeness (QED) is 0.455. The van der Waals surface area contributed by atoms with Crippen molar-refractivity contribution >= 4 is 40.5 Å². The van der Waals surface area contributed by atoms with E-state index in [9.17, 15) is 0 Å². The summed E-state index contributed by atoms with van der Waals surface area (Å²) in [5.74, 6) is 0. The Bertz CT molecular complexity index is 52.1. The lowest BCUT2D eigenvalue weighted by molar-refractivity contribution is 0.639. The largest absolute Gasteiger partial charge is 0.447 e. The molecular formula is C2H10OS2Si2. The fourth-order valence-electron chi connectivity index (χ4n) is 0.273. The van der Waals surface area contributed by atoms with Gasteiger partial charge in [-0.25, -0.2) is 0 Å². The van der Waals surface area contributed by atoms with Crippen LogP contribution in [0.4, 0.5) is 0 Å². The fourth-order valence-corrected chi connectivity index (χ4v) is 4.78. The molecule has 0 aromatic rings. The maximum absolute atomic E-state index is 5.24. The summed E-state index contributed by atoms with van der Waals surface area (Å²) in [6, 6.07) is 0. The molecule has 0 saturated heterocycles. The van der Waals surface area contributed by atoms with Crippen LogP contribution in [0.3, 0.4) is 0 Å². The molecule has 0 N–H and O–H groups in total. The third kappa shape index (κ3) is 7.09. The molecular weight excluding hydrogens is 160 g/mol. The van der Waals surface area contributed by atoms with Crippen molar-refractivity contribution in [2.24, 2.45) is 0 Å². The lowest BCUT2D eigenvalue weighted by Gasteiger charge is -2.11. The van der Waals surface area contributed by atoms with Crippen LogP contribution in [0.2, 0.25) is 13.1 Å². The highest BCUT2D eigenvalue weighted by molar-refractivity contribution is 8.44. The minimum Gasteiger partial charge on any atom is -0.447 e. The molecule has 0 aromatic heterocycles. The zero-order valence-corrected chi connectivity index (χ0v) is 8.71. The Morgan fingerprint density at radius 1 is 1.57 bits per heavy atom. The van der Waals surface area contributed by atoms with Gasteiger partial charge in [0.15, 0.2) is 0 Å². The molecule has 0 bridgehead atoms. The van der Waals surface area contributed by atoms with Gasteiger partial charge in [0.25, 0.3) is 6.62 Å². The summed E-state index contributed by atoms with van der Waals surface area (Å²) >= 11 is 8.30. The first kappa shape index (κ1) is 8.09. The molecule has 0 fully saturated rings. The van der Waals surface area contributed by atoms with Gasteiger partial charge in [-0.2, -0.15) is 24.2 Å². The molecule has 1 nitrogen and oxygen atoms in total. The predicted octanol–water partition coefficient (Wildman–Crippen LogP) is 0.563. The molecule has 0 unspecified atom stereocenters. The SMILES string of the molecule is C[SiH2]O[Si](C)(S)S. The number of hydrogen-bond acceptors (Lipinski definition) is 3. The number of hydrogen-bond donors (Lipinski definition) is 2. The molecule has 0 spiro atoms. The highest BCUT2D eigenvalue weighted by Crippen LogP contribution is 2.11. The normalized spacial score (nSPS) is 13.7. The molecule has 7 heavy (non-hydrogen) atoms. The third-order valence-corrected chi connectivity index (χ3v) is 6.08. The summed E-state index contributed by atoms with van der Waals surface area (Å²) < 4.78 is 5.24. The molecule has 0 radical (unpaired) electrons. The van der Waals surface area contributed by atoms with Crippen molar-refractivity contribution in [1.82, 2.24) is 0 Å². The molecule has 0 heterocycles. The van der Waals surface area contributed by atoms with E-state index >= 15 is 0 Å². The Hall–Kier alpha value is 1.09. The Kier molecular flexibility index (Phi) is 3.68. The van der Waals surface area contributed by atoms with Crippen molar-refractivity contribution in [2.75, 3.05) is 0 Å². The first-order chi connectivity index (χ1) is 3.06. The number of rotatable bonds is 2. The molecule has 0 aromatic carbocycles. The molecule has 0 saturated carbocycles. The van der Waals surface area contributed by atoms with E-state index in [4.69, 9.17) is 4.12 Å². The number of thiol groups is 2. The Morgan fingerprint density at radius 3 is 2.00 bits per heavy atom. The van der Waals surface area contributed by atoms with Gasteiger partial charge in [0.2, 0.25) is 0 Å². The van der Waals surface area contributed by atoms with Crippen molar-refractivity contribution in [1.29, 1.82) is 0 Å². The van der Waals surface area contributed by atoms with E-state index in [0.717, 1.165) is 0 Å². The van der Waals surface area contributed by atoms with Crippen molar-refractivity contribution in [3.05, 3.63) is 0 Å². The third-order valence-electron chi connectivity index (χ3n) is 0.418. The Balaban J connectivity index is 3.15. The van der Waals surface area contributed by atoms with Crippen molar-refractivity contribution < 1.29 is 4.12 Å². The molecule has 0 aliphatic carbocycles. The van der Waals surface area contributed by atoms with Crippen LogP contribution < -0.4 is 0 Å². The standard InChI is InChI=1S/C2H10OS2Si2/c1-6-3-7(2,4)5/h4-5H,6H2,1-2H3. The lowest BCUT2D eigenvalue weighted by atomic mass is 11.9. The molecule has 44 valence electrons. The minimum absolute atomic E-state index is 0.281. The maximum atomic E-state index is 5.24. The van der Waals surface area contributed by atoms with Gasteiger partial charge in [-0.3, -0.25) is 0 Å². The second-order valence-electron chi connectivity index (χ2n) is 1.37. The van der Waals surface area contributed by atoms with Crippen molar-refractivity contribution in [3.63, 3.8) is 0 Å². The van der Waals surface area contributed by atoms with Gasteiger partial charge in [-0.15, -0.1) is 0 Å². The van der Waals surface area contributed by atoms with Crippen LogP contribution in [0.15, 0.2) is 0 Å². The van der Waals surface area contributed by atoms with E-state index in [0.29, 0.717) is 0 Å². The van der Waals surface area contributed by atoms with Crippen molar-refractivity contribution in [3.8, 4) is 0 Å². The van der Waals surface area contributed by atoms with Crippen LogP contribution in [0.1, 0.15) is 0 Å². The molecule has 0 aliphatic heterocycles. The van der Waals surface area contributed by atoms with Gasteiger partial charge >= 0.3 is 0 Å². The van der Waals surface area contributed by atoms with E-state index < -0.39 is 6.62 Å². The minimum atomic E-state index is -1.71. The summed E-state index contributed by atoms with van der Waals surface area (Å²) in [5.41, 5.74) is 0. The summed E-state index contributed by atoms with van der Waals surface area (Å²) in [6.45, 7) is 2.33. The summed E-state index contributed by atoms with van der Waals surface area (Å²) in [6.07, 6.45) is 0. The smallest absolute Gasteiger partial charge is 0.298 e. The highest BCUT2D eigenvalue weighted by atomic mass is 32.5. The second kappa shape index (κ2) is 3.19. The monoisotopic (exact) mass is 170 g/mol. The maximum Gasteiger partial charge on any atom is 0.298 e. The predicted molar refractivity (Wildman–Crippen MR) is 45.1 cm³/mol. The van der Waals surface area contributed by atoms with E-state index in [1.165, 1.54) is 0 Å². The zero-order valence-electron chi connectivity index (χ0n) is 4.51.